The maximum Gasteiger partial charge on any atom is 0.0474 e. The average Bonchev–Trinajstić information content (AvgIpc) is 2.49. The lowest BCUT2D eigenvalue weighted by molar-refractivity contribution is 0.337. The molecule has 0 aliphatic carbocycles. The second kappa shape index (κ2) is 6.12. The third-order valence-corrected chi connectivity index (χ3v) is 4.18. The van der Waals surface area contributed by atoms with Crippen molar-refractivity contribution in [3.05, 3.63) is 28.8 Å². The Hall–Kier alpha value is -0.770. The summed E-state index contributed by atoms with van der Waals surface area (Å²) in [5, 5.41) is 0.775. The maximum atomic E-state index is 6.34. The second-order valence-electron chi connectivity index (χ2n) is 5.65. The molecule has 19 heavy (non-hydrogen) atoms. The van der Waals surface area contributed by atoms with Gasteiger partial charge in [0.2, 0.25) is 0 Å². The van der Waals surface area contributed by atoms with E-state index in [-0.39, 0.29) is 6.04 Å². The molecule has 1 fully saturated rings. The smallest absolute Gasteiger partial charge is 0.0474 e. The summed E-state index contributed by atoms with van der Waals surface area (Å²) >= 11 is 6.34. The van der Waals surface area contributed by atoms with E-state index >= 15 is 0 Å². The predicted molar refractivity (Wildman–Crippen MR) is 83.0 cm³/mol. The number of halogens is 1. The van der Waals surface area contributed by atoms with E-state index in [4.69, 9.17) is 17.3 Å². The fraction of sp³-hybridized carbons (Fsp3) is 0.600. The Kier molecular flexibility index (Phi) is 4.71. The number of hydrogen-bond donors (Lipinski definition) is 1. The summed E-state index contributed by atoms with van der Waals surface area (Å²) in [6.45, 7) is 7.57. The minimum absolute atomic E-state index is 0.0192. The highest BCUT2D eigenvalue weighted by Crippen LogP contribution is 2.28. The third-order valence-electron chi connectivity index (χ3n) is 3.85. The third kappa shape index (κ3) is 3.41. The second-order valence-corrected chi connectivity index (χ2v) is 6.06. The van der Waals surface area contributed by atoms with Gasteiger partial charge in [-0.3, -0.25) is 0 Å². The largest absolute Gasteiger partial charge is 0.367 e. The summed E-state index contributed by atoms with van der Waals surface area (Å²) in [5.74, 6) is 0. The van der Waals surface area contributed by atoms with Crippen LogP contribution in [0.5, 0.6) is 0 Å². The molecule has 1 saturated heterocycles. The van der Waals surface area contributed by atoms with Crippen LogP contribution in [-0.4, -0.2) is 37.6 Å². The Morgan fingerprint density at radius 1 is 1.37 bits per heavy atom. The molecule has 1 aromatic rings. The highest BCUT2D eigenvalue weighted by Gasteiger charge is 2.20. The molecule has 1 heterocycles. The monoisotopic (exact) mass is 281 g/mol. The van der Waals surface area contributed by atoms with Crippen LogP contribution < -0.4 is 10.6 Å². The molecule has 0 spiro atoms. The first-order valence-corrected chi connectivity index (χ1v) is 7.37. The fourth-order valence-corrected chi connectivity index (χ4v) is 3.17. The molecule has 0 radical (unpaired) electrons. The van der Waals surface area contributed by atoms with E-state index in [2.05, 4.69) is 42.0 Å². The van der Waals surface area contributed by atoms with Crippen LogP contribution in [0.25, 0.3) is 0 Å². The Balaban J connectivity index is 2.23. The normalized spacial score (nSPS) is 23.2. The van der Waals surface area contributed by atoms with Crippen molar-refractivity contribution in [2.45, 2.75) is 32.4 Å². The van der Waals surface area contributed by atoms with E-state index in [1.165, 1.54) is 12.1 Å². The molecule has 1 aromatic carbocycles. The highest BCUT2D eigenvalue weighted by atomic mass is 35.5. The van der Waals surface area contributed by atoms with Gasteiger partial charge >= 0.3 is 0 Å². The molecule has 2 rings (SSSR count). The van der Waals surface area contributed by atoms with Gasteiger partial charge in [0, 0.05) is 35.9 Å². The van der Waals surface area contributed by atoms with E-state index in [1.54, 1.807) is 0 Å². The van der Waals surface area contributed by atoms with Crippen LogP contribution in [0.1, 0.15) is 31.9 Å². The molecule has 2 atom stereocenters. The van der Waals surface area contributed by atoms with Crippen molar-refractivity contribution in [2.24, 2.45) is 5.73 Å². The Morgan fingerprint density at radius 3 is 2.74 bits per heavy atom. The predicted octanol–water partition coefficient (Wildman–Crippen LogP) is 2.89. The zero-order valence-electron chi connectivity index (χ0n) is 12.1. The van der Waals surface area contributed by atoms with Crippen molar-refractivity contribution in [3.8, 4) is 0 Å². The quantitative estimate of drug-likeness (QED) is 0.905. The van der Waals surface area contributed by atoms with Crippen molar-refractivity contribution in [3.63, 3.8) is 0 Å². The van der Waals surface area contributed by atoms with Gasteiger partial charge in [0.25, 0.3) is 0 Å². The van der Waals surface area contributed by atoms with Gasteiger partial charge in [-0.15, -0.1) is 0 Å². The lowest BCUT2D eigenvalue weighted by atomic mass is 10.1. The fourth-order valence-electron chi connectivity index (χ4n) is 2.82. The van der Waals surface area contributed by atoms with Crippen LogP contribution in [0.15, 0.2) is 18.2 Å². The van der Waals surface area contributed by atoms with Crippen molar-refractivity contribution in [2.75, 3.05) is 31.6 Å². The molecule has 0 saturated carbocycles. The summed E-state index contributed by atoms with van der Waals surface area (Å²) < 4.78 is 0. The van der Waals surface area contributed by atoms with Gasteiger partial charge in [-0.2, -0.15) is 0 Å². The van der Waals surface area contributed by atoms with Crippen molar-refractivity contribution in [1.29, 1.82) is 0 Å². The van der Waals surface area contributed by atoms with E-state index in [9.17, 15) is 0 Å². The first-order valence-electron chi connectivity index (χ1n) is 6.99. The standard InChI is InChI=1S/C15H24ClN3/c1-11-10-18(3)7-4-8-19(11)13-5-6-14(12(2)17)15(16)9-13/h5-6,9,11-12H,4,7-8,10,17H2,1-3H3. The SMILES string of the molecule is CC(N)c1ccc(N2CCCN(C)CC2C)cc1Cl. The first kappa shape index (κ1) is 14.6. The Bertz CT molecular complexity index is 433. The molecule has 0 amide bonds. The van der Waals surface area contributed by atoms with Gasteiger partial charge in [-0.25, -0.2) is 0 Å². The lowest BCUT2D eigenvalue weighted by Gasteiger charge is -2.30. The topological polar surface area (TPSA) is 32.5 Å². The van der Waals surface area contributed by atoms with Crippen molar-refractivity contribution in [1.82, 2.24) is 4.90 Å². The molecule has 2 unspecified atom stereocenters. The Labute approximate surface area is 121 Å². The summed E-state index contributed by atoms with van der Waals surface area (Å²) in [7, 11) is 2.19. The number of nitrogens with zero attached hydrogens (tertiary/aromatic N) is 2. The molecule has 4 heteroatoms. The van der Waals surface area contributed by atoms with Gasteiger partial charge < -0.3 is 15.5 Å². The van der Waals surface area contributed by atoms with Crippen LogP contribution >= 0.6 is 11.6 Å². The molecule has 106 valence electrons. The zero-order chi connectivity index (χ0) is 14.0. The summed E-state index contributed by atoms with van der Waals surface area (Å²) in [6.07, 6.45) is 1.19. The molecule has 1 aliphatic rings. The zero-order valence-corrected chi connectivity index (χ0v) is 12.8. The molecular weight excluding hydrogens is 258 g/mol. The van der Waals surface area contributed by atoms with E-state index in [0.29, 0.717) is 6.04 Å². The van der Waals surface area contributed by atoms with Crippen molar-refractivity contribution < 1.29 is 0 Å². The molecule has 3 nitrogen and oxygen atoms in total. The van der Waals surface area contributed by atoms with Gasteiger partial charge in [0.05, 0.1) is 0 Å². The Morgan fingerprint density at radius 2 is 2.11 bits per heavy atom. The van der Waals surface area contributed by atoms with Crippen LogP contribution in [0.3, 0.4) is 0 Å². The van der Waals surface area contributed by atoms with E-state index in [1.807, 2.05) is 6.92 Å². The van der Waals surface area contributed by atoms with E-state index in [0.717, 1.165) is 30.2 Å². The lowest BCUT2D eigenvalue weighted by Crippen LogP contribution is -2.37. The molecular formula is C15H24ClN3. The van der Waals surface area contributed by atoms with Crippen LogP contribution in [0, 0.1) is 0 Å². The molecule has 1 aliphatic heterocycles. The average molecular weight is 282 g/mol. The van der Waals surface area contributed by atoms with Gasteiger partial charge in [-0.05, 0) is 51.6 Å². The molecule has 0 bridgehead atoms. The maximum absolute atomic E-state index is 6.34. The number of likely N-dealkylation sites (N-methyl/N-ethyl adjacent to an activating group) is 1. The summed E-state index contributed by atoms with van der Waals surface area (Å²) in [4.78, 5) is 4.84. The van der Waals surface area contributed by atoms with Crippen molar-refractivity contribution >= 4 is 17.3 Å². The van der Waals surface area contributed by atoms with Gasteiger partial charge in [-0.1, -0.05) is 17.7 Å². The molecule has 2 N–H and O–H groups in total. The number of rotatable bonds is 2. The van der Waals surface area contributed by atoms with Crippen LogP contribution in [0.2, 0.25) is 5.02 Å². The highest BCUT2D eigenvalue weighted by molar-refractivity contribution is 6.31. The van der Waals surface area contributed by atoms with Crippen LogP contribution in [0.4, 0.5) is 5.69 Å². The number of nitrogens with two attached hydrogens (primary N) is 1. The van der Waals surface area contributed by atoms with Crippen LogP contribution in [-0.2, 0) is 0 Å². The molecule has 0 aromatic heterocycles. The summed E-state index contributed by atoms with van der Waals surface area (Å²) in [6, 6.07) is 6.75. The number of benzene rings is 1. The number of anilines is 1. The minimum Gasteiger partial charge on any atom is -0.367 e. The first-order chi connectivity index (χ1) is 8.99. The van der Waals surface area contributed by atoms with Gasteiger partial charge in [0.15, 0.2) is 0 Å². The minimum atomic E-state index is -0.0192. The van der Waals surface area contributed by atoms with E-state index < -0.39 is 0 Å². The number of hydrogen-bond acceptors (Lipinski definition) is 3. The van der Waals surface area contributed by atoms with Gasteiger partial charge in [0.1, 0.15) is 0 Å². The summed E-state index contributed by atoms with van der Waals surface area (Å²) in [5.41, 5.74) is 8.13.